The normalized spacial score (nSPS) is 18.5. The Kier molecular flexibility index (Phi) is 3.78. The lowest BCUT2D eigenvalue weighted by Crippen LogP contribution is -2.33. The number of amidine groups is 1. The summed E-state index contributed by atoms with van der Waals surface area (Å²) in [5.74, 6) is -0.839. The highest BCUT2D eigenvalue weighted by Crippen LogP contribution is 2.36. The molecule has 0 saturated carbocycles. The number of para-hydroxylation sites is 1. The number of rotatable bonds is 1. The summed E-state index contributed by atoms with van der Waals surface area (Å²) in [5, 5.41) is 8.37. The number of nitrogens with one attached hydrogen (secondary N) is 1. The standard InChI is InChI=1S/C12H11Cl2N3O2/c1-6-11(15-7(2)18)16-17(12(6)19)10-8(13)4-3-5-9(10)14/h3-6H,1-2H3,(H,15,16,18). The molecule has 0 bridgehead atoms. The highest BCUT2D eigenvalue weighted by Gasteiger charge is 2.35. The van der Waals surface area contributed by atoms with Crippen molar-refractivity contribution in [3.05, 3.63) is 28.2 Å². The molecule has 0 spiro atoms. The molecule has 1 atom stereocenters. The number of anilines is 1. The third-order valence-electron chi connectivity index (χ3n) is 2.65. The lowest BCUT2D eigenvalue weighted by atomic mass is 10.1. The summed E-state index contributed by atoms with van der Waals surface area (Å²) in [4.78, 5) is 23.2. The van der Waals surface area contributed by atoms with Gasteiger partial charge in [-0.1, -0.05) is 29.3 Å². The topological polar surface area (TPSA) is 61.8 Å². The Morgan fingerprint density at radius 3 is 2.47 bits per heavy atom. The number of amides is 2. The first-order valence-corrected chi connectivity index (χ1v) is 6.31. The number of hydrogen-bond acceptors (Lipinski definition) is 3. The molecule has 0 saturated heterocycles. The third-order valence-corrected chi connectivity index (χ3v) is 3.26. The van der Waals surface area contributed by atoms with E-state index in [1.54, 1.807) is 25.1 Å². The fraction of sp³-hybridized carbons (Fsp3) is 0.250. The second-order valence-electron chi connectivity index (χ2n) is 4.11. The van der Waals surface area contributed by atoms with E-state index in [0.717, 1.165) is 5.01 Å². The van der Waals surface area contributed by atoms with Gasteiger partial charge in [-0.3, -0.25) is 9.59 Å². The molecule has 19 heavy (non-hydrogen) atoms. The zero-order valence-electron chi connectivity index (χ0n) is 10.3. The summed E-state index contributed by atoms with van der Waals surface area (Å²) in [7, 11) is 0. The maximum Gasteiger partial charge on any atom is 0.258 e. The van der Waals surface area contributed by atoms with Gasteiger partial charge in [-0.25, -0.2) is 0 Å². The Morgan fingerprint density at radius 2 is 1.95 bits per heavy atom. The van der Waals surface area contributed by atoms with Crippen LogP contribution in [-0.4, -0.2) is 17.6 Å². The molecule has 0 aliphatic carbocycles. The van der Waals surface area contributed by atoms with E-state index >= 15 is 0 Å². The van der Waals surface area contributed by atoms with Crippen LogP contribution in [0, 0.1) is 5.92 Å². The van der Waals surface area contributed by atoms with Gasteiger partial charge in [-0.05, 0) is 19.1 Å². The average molecular weight is 300 g/mol. The van der Waals surface area contributed by atoms with Crippen LogP contribution in [-0.2, 0) is 9.59 Å². The van der Waals surface area contributed by atoms with Crippen LogP contribution >= 0.6 is 23.2 Å². The van der Waals surface area contributed by atoms with Gasteiger partial charge in [0.15, 0.2) is 0 Å². The molecule has 1 aromatic rings. The van der Waals surface area contributed by atoms with E-state index < -0.39 is 5.92 Å². The van der Waals surface area contributed by atoms with Crippen LogP contribution in [0.2, 0.25) is 10.0 Å². The van der Waals surface area contributed by atoms with E-state index in [9.17, 15) is 9.59 Å². The smallest absolute Gasteiger partial charge is 0.258 e. The number of hydrazone groups is 1. The summed E-state index contributed by atoms with van der Waals surface area (Å²) >= 11 is 12.1. The molecule has 2 amide bonds. The number of hydrogen-bond donors (Lipinski definition) is 1. The molecule has 1 aromatic carbocycles. The zero-order chi connectivity index (χ0) is 14.2. The Balaban J connectivity index is 2.43. The maximum atomic E-state index is 12.1. The van der Waals surface area contributed by atoms with Crippen LogP contribution in [0.1, 0.15) is 13.8 Å². The van der Waals surface area contributed by atoms with Gasteiger partial charge in [0.05, 0.1) is 16.0 Å². The number of carbonyl (C=O) groups is 2. The van der Waals surface area contributed by atoms with Crippen LogP contribution in [0.3, 0.4) is 0 Å². The van der Waals surface area contributed by atoms with E-state index in [4.69, 9.17) is 23.2 Å². The van der Waals surface area contributed by atoms with E-state index in [0.29, 0.717) is 15.7 Å². The fourth-order valence-electron chi connectivity index (χ4n) is 1.71. The molecule has 0 fully saturated rings. The van der Waals surface area contributed by atoms with E-state index in [2.05, 4.69) is 10.4 Å². The van der Waals surface area contributed by atoms with Crippen molar-refractivity contribution < 1.29 is 9.59 Å². The maximum absolute atomic E-state index is 12.1. The van der Waals surface area contributed by atoms with Crippen molar-refractivity contribution in [2.45, 2.75) is 13.8 Å². The predicted octanol–water partition coefficient (Wildman–Crippen LogP) is 2.43. The molecule has 1 unspecified atom stereocenters. The zero-order valence-corrected chi connectivity index (χ0v) is 11.8. The molecule has 1 N–H and O–H groups in total. The van der Waals surface area contributed by atoms with Gasteiger partial charge in [0, 0.05) is 6.92 Å². The fourth-order valence-corrected chi connectivity index (χ4v) is 2.27. The summed E-state index contributed by atoms with van der Waals surface area (Å²) in [5.41, 5.74) is 0.322. The molecular formula is C12H11Cl2N3O2. The second-order valence-corrected chi connectivity index (χ2v) is 4.92. The predicted molar refractivity (Wildman–Crippen MR) is 74.4 cm³/mol. The lowest BCUT2D eigenvalue weighted by Gasteiger charge is -2.15. The Bertz CT molecular complexity index is 566. The van der Waals surface area contributed by atoms with Crippen LogP contribution in [0.25, 0.3) is 0 Å². The number of benzene rings is 1. The first kappa shape index (κ1) is 13.8. The van der Waals surface area contributed by atoms with Crippen molar-refractivity contribution in [3.63, 3.8) is 0 Å². The molecular weight excluding hydrogens is 289 g/mol. The first-order chi connectivity index (χ1) is 8.91. The van der Waals surface area contributed by atoms with Gasteiger partial charge in [-0.2, -0.15) is 10.1 Å². The monoisotopic (exact) mass is 299 g/mol. The third kappa shape index (κ3) is 2.57. The van der Waals surface area contributed by atoms with Crippen molar-refractivity contribution in [2.24, 2.45) is 11.0 Å². The van der Waals surface area contributed by atoms with E-state index in [-0.39, 0.29) is 17.6 Å². The van der Waals surface area contributed by atoms with Crippen LogP contribution in [0.5, 0.6) is 0 Å². The number of nitrogens with zero attached hydrogens (tertiary/aromatic N) is 2. The number of carbonyl (C=O) groups excluding carboxylic acids is 2. The number of halogens is 2. The van der Waals surface area contributed by atoms with Crippen LogP contribution < -0.4 is 10.3 Å². The summed E-state index contributed by atoms with van der Waals surface area (Å²) in [6.07, 6.45) is 0. The molecule has 100 valence electrons. The molecule has 0 aromatic heterocycles. The van der Waals surface area contributed by atoms with Gasteiger partial charge in [0.2, 0.25) is 5.91 Å². The van der Waals surface area contributed by atoms with Gasteiger partial charge in [0.25, 0.3) is 5.91 Å². The minimum atomic E-state index is -0.545. The Hall–Kier alpha value is -1.59. The van der Waals surface area contributed by atoms with Crippen molar-refractivity contribution in [2.75, 3.05) is 5.01 Å². The van der Waals surface area contributed by atoms with E-state index in [1.807, 2.05) is 0 Å². The van der Waals surface area contributed by atoms with Gasteiger partial charge in [0.1, 0.15) is 11.5 Å². The van der Waals surface area contributed by atoms with Crippen molar-refractivity contribution in [1.82, 2.24) is 5.32 Å². The SMILES string of the molecule is CC(=O)NC1=NN(c2c(Cl)cccc2Cl)C(=O)C1C. The minimum absolute atomic E-state index is 0.286. The van der Waals surface area contributed by atoms with Crippen molar-refractivity contribution in [1.29, 1.82) is 0 Å². The summed E-state index contributed by atoms with van der Waals surface area (Å²) < 4.78 is 0. The van der Waals surface area contributed by atoms with Gasteiger partial charge >= 0.3 is 0 Å². The largest absolute Gasteiger partial charge is 0.312 e. The highest BCUT2D eigenvalue weighted by atomic mass is 35.5. The molecule has 0 radical (unpaired) electrons. The van der Waals surface area contributed by atoms with Gasteiger partial charge in [-0.15, -0.1) is 0 Å². The molecule has 1 heterocycles. The molecule has 1 aliphatic rings. The second kappa shape index (κ2) is 5.19. The minimum Gasteiger partial charge on any atom is -0.312 e. The van der Waals surface area contributed by atoms with Crippen LogP contribution in [0.15, 0.2) is 23.3 Å². The molecule has 2 rings (SSSR count). The van der Waals surface area contributed by atoms with Gasteiger partial charge < -0.3 is 5.32 Å². The first-order valence-electron chi connectivity index (χ1n) is 5.56. The lowest BCUT2D eigenvalue weighted by molar-refractivity contribution is -0.119. The average Bonchev–Trinajstić information content (AvgIpc) is 2.57. The molecule has 7 heteroatoms. The Morgan fingerprint density at radius 1 is 1.37 bits per heavy atom. The molecule has 1 aliphatic heterocycles. The Labute approximate surface area is 120 Å². The quantitative estimate of drug-likeness (QED) is 0.866. The highest BCUT2D eigenvalue weighted by molar-refractivity contribution is 6.40. The molecule has 5 nitrogen and oxygen atoms in total. The summed E-state index contributed by atoms with van der Waals surface area (Å²) in [6, 6.07) is 4.91. The van der Waals surface area contributed by atoms with E-state index in [1.165, 1.54) is 6.92 Å². The summed E-state index contributed by atoms with van der Waals surface area (Å²) in [6.45, 7) is 3.01. The van der Waals surface area contributed by atoms with Crippen molar-refractivity contribution in [3.8, 4) is 0 Å². The van der Waals surface area contributed by atoms with Crippen LogP contribution in [0.4, 0.5) is 5.69 Å². The van der Waals surface area contributed by atoms with Crippen molar-refractivity contribution >= 4 is 46.5 Å².